The third kappa shape index (κ3) is 36.2. The van der Waals surface area contributed by atoms with E-state index in [2.05, 4.69) is 43.5 Å². The number of amides is 1. The molecule has 0 spiro atoms. The van der Waals surface area contributed by atoms with Crippen LogP contribution in [0.5, 0.6) is 0 Å². The molecule has 0 rings (SSSR count). The quantitative estimate of drug-likeness (QED) is 0.0384. The van der Waals surface area contributed by atoms with Crippen molar-refractivity contribution in [3.8, 4) is 0 Å². The highest BCUT2D eigenvalue weighted by Gasteiger charge is 2.20. The molecule has 0 radical (unpaired) electrons. The van der Waals surface area contributed by atoms with Crippen molar-refractivity contribution < 1.29 is 20.1 Å². The van der Waals surface area contributed by atoms with Crippen LogP contribution in [0.4, 0.5) is 0 Å². The first-order valence-corrected chi connectivity index (χ1v) is 21.3. The number of nitrogens with one attached hydrogen (secondary N) is 1. The van der Waals surface area contributed by atoms with Gasteiger partial charge in [0.05, 0.1) is 31.3 Å². The lowest BCUT2D eigenvalue weighted by Crippen LogP contribution is -2.45. The van der Waals surface area contributed by atoms with E-state index in [1.54, 1.807) is 6.08 Å². The standard InChI is InChI=1S/C44H83NO4/c1-3-5-7-9-11-13-15-16-17-18-19-20-21-22-23-24-25-26-27-28-30-32-34-36-38-43(48)42(40-46)45-44(49)39-41(47)37-35-33-31-29-14-12-10-8-6-4-2/h12,14,28,30,36,38,41-43,46-48H,3-11,13,15-27,29,31-35,37,39-40H2,1-2H3,(H,45,49)/b14-12-,30-28+,38-36+. The first-order valence-electron chi connectivity index (χ1n) is 21.3. The van der Waals surface area contributed by atoms with E-state index in [-0.39, 0.29) is 18.9 Å². The Morgan fingerprint density at radius 1 is 0.510 bits per heavy atom. The minimum Gasteiger partial charge on any atom is -0.394 e. The Kier molecular flexibility index (Phi) is 38.2. The van der Waals surface area contributed by atoms with Crippen LogP contribution in [-0.4, -0.2) is 46.1 Å². The van der Waals surface area contributed by atoms with Gasteiger partial charge in [-0.15, -0.1) is 0 Å². The second-order valence-corrected chi connectivity index (χ2v) is 14.6. The lowest BCUT2D eigenvalue weighted by molar-refractivity contribution is -0.124. The molecular formula is C44H83NO4. The predicted molar refractivity (Wildman–Crippen MR) is 213 cm³/mol. The summed E-state index contributed by atoms with van der Waals surface area (Å²) in [4.78, 5) is 12.4. The van der Waals surface area contributed by atoms with Crippen LogP contribution in [0, 0.1) is 0 Å². The summed E-state index contributed by atoms with van der Waals surface area (Å²) in [5.41, 5.74) is 0. The molecule has 5 nitrogen and oxygen atoms in total. The van der Waals surface area contributed by atoms with E-state index in [0.717, 1.165) is 51.4 Å². The Bertz CT molecular complexity index is 764. The van der Waals surface area contributed by atoms with Crippen LogP contribution >= 0.6 is 0 Å². The van der Waals surface area contributed by atoms with Gasteiger partial charge in [0.15, 0.2) is 0 Å². The molecule has 49 heavy (non-hydrogen) atoms. The van der Waals surface area contributed by atoms with E-state index in [9.17, 15) is 20.1 Å². The third-order valence-corrected chi connectivity index (χ3v) is 9.65. The molecule has 0 heterocycles. The largest absolute Gasteiger partial charge is 0.394 e. The monoisotopic (exact) mass is 690 g/mol. The van der Waals surface area contributed by atoms with Crippen molar-refractivity contribution in [2.75, 3.05) is 6.61 Å². The van der Waals surface area contributed by atoms with E-state index in [1.165, 1.54) is 135 Å². The van der Waals surface area contributed by atoms with Gasteiger partial charge in [-0.2, -0.15) is 0 Å². The lowest BCUT2D eigenvalue weighted by atomic mass is 10.0. The zero-order valence-corrected chi connectivity index (χ0v) is 32.6. The molecule has 0 saturated carbocycles. The fraction of sp³-hybridized carbons (Fsp3) is 0.841. The Morgan fingerprint density at radius 3 is 1.35 bits per heavy atom. The number of aliphatic hydroxyl groups is 3. The average Bonchev–Trinajstić information content (AvgIpc) is 3.09. The predicted octanol–water partition coefficient (Wildman–Crippen LogP) is 12.0. The minimum atomic E-state index is -0.954. The highest BCUT2D eigenvalue weighted by atomic mass is 16.3. The minimum absolute atomic E-state index is 0.00542. The number of unbranched alkanes of at least 4 members (excludes halogenated alkanes) is 25. The van der Waals surface area contributed by atoms with E-state index in [4.69, 9.17) is 0 Å². The van der Waals surface area contributed by atoms with Crippen LogP contribution in [0.1, 0.15) is 213 Å². The Morgan fingerprint density at radius 2 is 0.878 bits per heavy atom. The van der Waals surface area contributed by atoms with Crippen molar-refractivity contribution in [1.82, 2.24) is 5.32 Å². The second kappa shape index (κ2) is 39.4. The van der Waals surface area contributed by atoms with Gasteiger partial charge < -0.3 is 20.6 Å². The normalized spacial score (nSPS) is 14.0. The zero-order valence-electron chi connectivity index (χ0n) is 32.6. The topological polar surface area (TPSA) is 89.8 Å². The molecule has 0 fully saturated rings. The zero-order chi connectivity index (χ0) is 35.9. The van der Waals surface area contributed by atoms with Gasteiger partial charge in [0, 0.05) is 0 Å². The Labute approximate surface area is 304 Å². The van der Waals surface area contributed by atoms with Crippen molar-refractivity contribution >= 4 is 5.91 Å². The molecule has 0 aromatic carbocycles. The first kappa shape index (κ1) is 47.6. The summed E-state index contributed by atoms with van der Waals surface area (Å²) in [5, 5.41) is 33.0. The van der Waals surface area contributed by atoms with Gasteiger partial charge in [0.1, 0.15) is 0 Å². The summed E-state index contributed by atoms with van der Waals surface area (Å²) in [5.74, 6) is -0.337. The molecule has 0 aliphatic heterocycles. The molecular weight excluding hydrogens is 606 g/mol. The number of hydrogen-bond acceptors (Lipinski definition) is 4. The molecule has 0 aromatic heterocycles. The van der Waals surface area contributed by atoms with Gasteiger partial charge >= 0.3 is 0 Å². The number of hydrogen-bond donors (Lipinski definition) is 4. The number of allylic oxidation sites excluding steroid dienone is 5. The fourth-order valence-corrected chi connectivity index (χ4v) is 6.35. The molecule has 3 atom stereocenters. The van der Waals surface area contributed by atoms with Crippen molar-refractivity contribution in [3.05, 3.63) is 36.5 Å². The van der Waals surface area contributed by atoms with E-state index in [1.807, 2.05) is 6.08 Å². The van der Waals surface area contributed by atoms with Crippen molar-refractivity contribution in [3.63, 3.8) is 0 Å². The van der Waals surface area contributed by atoms with Crippen LogP contribution in [-0.2, 0) is 4.79 Å². The summed E-state index contributed by atoms with van der Waals surface area (Å²) in [7, 11) is 0. The summed E-state index contributed by atoms with van der Waals surface area (Å²) >= 11 is 0. The van der Waals surface area contributed by atoms with Gasteiger partial charge in [0.2, 0.25) is 5.91 Å². The van der Waals surface area contributed by atoms with Crippen LogP contribution in [0.3, 0.4) is 0 Å². The summed E-state index contributed by atoms with van der Waals surface area (Å²) in [6, 6.07) is -0.764. The lowest BCUT2D eigenvalue weighted by Gasteiger charge is -2.20. The molecule has 0 aliphatic carbocycles. The highest BCUT2D eigenvalue weighted by molar-refractivity contribution is 5.76. The number of rotatable bonds is 38. The fourth-order valence-electron chi connectivity index (χ4n) is 6.35. The maximum absolute atomic E-state index is 12.4. The highest BCUT2D eigenvalue weighted by Crippen LogP contribution is 2.15. The molecule has 0 saturated heterocycles. The molecule has 0 aliphatic rings. The Hall–Kier alpha value is -1.43. The Balaban J connectivity index is 3.68. The summed E-state index contributed by atoms with van der Waals surface area (Å²) in [6.45, 7) is 4.16. The van der Waals surface area contributed by atoms with E-state index in [0.29, 0.717) is 6.42 Å². The number of aliphatic hydroxyl groups excluding tert-OH is 3. The van der Waals surface area contributed by atoms with Gasteiger partial charge in [-0.05, 0) is 57.8 Å². The van der Waals surface area contributed by atoms with Gasteiger partial charge in [-0.1, -0.05) is 185 Å². The first-order chi connectivity index (χ1) is 24.0. The van der Waals surface area contributed by atoms with Crippen LogP contribution in [0.2, 0.25) is 0 Å². The molecule has 0 bridgehead atoms. The van der Waals surface area contributed by atoms with Crippen molar-refractivity contribution in [2.45, 2.75) is 231 Å². The van der Waals surface area contributed by atoms with Crippen LogP contribution in [0.15, 0.2) is 36.5 Å². The molecule has 1 amide bonds. The average molecular weight is 690 g/mol. The molecule has 288 valence electrons. The van der Waals surface area contributed by atoms with Gasteiger partial charge in [-0.25, -0.2) is 0 Å². The summed E-state index contributed by atoms with van der Waals surface area (Å²) < 4.78 is 0. The number of carbonyl (C=O) groups excluding carboxylic acids is 1. The molecule has 0 aromatic rings. The maximum atomic E-state index is 12.4. The molecule has 3 unspecified atom stereocenters. The maximum Gasteiger partial charge on any atom is 0.222 e. The van der Waals surface area contributed by atoms with Crippen LogP contribution in [0.25, 0.3) is 0 Å². The van der Waals surface area contributed by atoms with E-state index < -0.39 is 18.2 Å². The third-order valence-electron chi connectivity index (χ3n) is 9.65. The molecule has 4 N–H and O–H groups in total. The second-order valence-electron chi connectivity index (χ2n) is 14.6. The van der Waals surface area contributed by atoms with Crippen LogP contribution < -0.4 is 5.32 Å². The SMILES string of the molecule is CCCCC/C=C\CCCCCC(O)CC(=O)NC(CO)C(O)/C=C/CC/C=C/CCCCCCCCCCCCCCCCCCCC. The number of carbonyl (C=O) groups is 1. The van der Waals surface area contributed by atoms with Crippen molar-refractivity contribution in [2.24, 2.45) is 0 Å². The van der Waals surface area contributed by atoms with Crippen molar-refractivity contribution in [1.29, 1.82) is 0 Å². The van der Waals surface area contributed by atoms with Gasteiger partial charge in [-0.3, -0.25) is 4.79 Å². The molecule has 5 heteroatoms. The van der Waals surface area contributed by atoms with E-state index >= 15 is 0 Å². The smallest absolute Gasteiger partial charge is 0.222 e. The summed E-state index contributed by atoms with van der Waals surface area (Å²) in [6.07, 6.45) is 48.7. The van der Waals surface area contributed by atoms with Gasteiger partial charge in [0.25, 0.3) is 0 Å².